The van der Waals surface area contributed by atoms with Gasteiger partial charge in [-0.15, -0.1) is 0 Å². The highest BCUT2D eigenvalue weighted by atomic mass is 16.5. The molecule has 1 heterocycles. The van der Waals surface area contributed by atoms with Crippen LogP contribution in [0, 0.1) is 11.3 Å². The van der Waals surface area contributed by atoms with E-state index in [0.717, 1.165) is 11.1 Å². The van der Waals surface area contributed by atoms with Gasteiger partial charge in [-0.1, -0.05) is 74.5 Å². The number of rotatable bonds is 16. The quantitative estimate of drug-likeness (QED) is 0.0999. The standard InChI is InChI=1S/C34H50N8O5/c1-23(2)20-28(31(44)39-27(14-15-38-34(36)37)33(46)42-16-9-18-47-19-17-42)41-32(45)29(22-25-12-7-4-8-13-25)40-30(43)26(35)21-24-10-5-3-6-11-24/h3-8,10-13,23,26-29H,9,14-22,35H2,1-2H3,(H,39,44)(H,40,43)(H,41,45)(H4,36,37,38)/t26-,27-,28-,29-/m1/s1. The molecule has 2 aromatic carbocycles. The maximum absolute atomic E-state index is 13.8. The van der Waals surface area contributed by atoms with Gasteiger partial charge >= 0.3 is 0 Å². The number of amides is 4. The molecule has 47 heavy (non-hydrogen) atoms. The van der Waals surface area contributed by atoms with Gasteiger partial charge in [-0.25, -0.2) is 0 Å². The van der Waals surface area contributed by atoms with Crippen LogP contribution in [0.4, 0.5) is 0 Å². The molecule has 0 saturated carbocycles. The number of hydrogen-bond acceptors (Lipinski definition) is 7. The Morgan fingerprint density at radius 3 is 2.00 bits per heavy atom. The molecule has 13 nitrogen and oxygen atoms in total. The molecule has 9 N–H and O–H groups in total. The van der Waals surface area contributed by atoms with Crippen LogP contribution in [0.2, 0.25) is 0 Å². The maximum Gasteiger partial charge on any atom is 0.245 e. The van der Waals surface area contributed by atoms with E-state index in [9.17, 15) is 19.2 Å². The highest BCUT2D eigenvalue weighted by Gasteiger charge is 2.32. The third kappa shape index (κ3) is 13.0. The molecule has 1 aliphatic rings. The molecule has 1 fully saturated rings. The largest absolute Gasteiger partial charge is 0.380 e. The van der Waals surface area contributed by atoms with Crippen LogP contribution in [0.1, 0.15) is 44.2 Å². The zero-order chi connectivity index (χ0) is 34.2. The third-order valence-electron chi connectivity index (χ3n) is 7.79. The molecule has 256 valence electrons. The van der Waals surface area contributed by atoms with Crippen molar-refractivity contribution in [3.05, 3.63) is 71.8 Å². The number of nitrogens with zero attached hydrogens (tertiary/aromatic N) is 1. The van der Waals surface area contributed by atoms with E-state index in [1.807, 2.05) is 74.5 Å². The van der Waals surface area contributed by atoms with E-state index in [1.54, 1.807) is 4.90 Å². The lowest BCUT2D eigenvalue weighted by Gasteiger charge is -2.29. The summed E-state index contributed by atoms with van der Waals surface area (Å²) in [5.41, 5.74) is 13.4. The topological polar surface area (TPSA) is 205 Å². The summed E-state index contributed by atoms with van der Waals surface area (Å²) in [6.45, 7) is 5.87. The number of carbonyl (C=O) groups is 4. The lowest BCUT2D eigenvalue weighted by atomic mass is 10.00. The highest BCUT2D eigenvalue weighted by Crippen LogP contribution is 2.11. The first-order chi connectivity index (χ1) is 22.5. The van der Waals surface area contributed by atoms with E-state index in [1.165, 1.54) is 0 Å². The minimum atomic E-state index is -1.01. The van der Waals surface area contributed by atoms with Gasteiger partial charge in [-0.3, -0.25) is 24.6 Å². The third-order valence-corrected chi connectivity index (χ3v) is 7.79. The molecule has 0 aromatic heterocycles. The summed E-state index contributed by atoms with van der Waals surface area (Å²) in [6, 6.07) is 14.8. The fourth-order valence-electron chi connectivity index (χ4n) is 5.34. The Balaban J connectivity index is 1.77. The molecule has 1 aliphatic heterocycles. The Kier molecular flexibility index (Phi) is 15.1. The Morgan fingerprint density at radius 1 is 0.809 bits per heavy atom. The van der Waals surface area contributed by atoms with E-state index < -0.39 is 41.9 Å². The Hall–Kier alpha value is -4.49. The van der Waals surface area contributed by atoms with Gasteiger partial charge in [0.25, 0.3) is 0 Å². The summed E-state index contributed by atoms with van der Waals surface area (Å²) in [7, 11) is 0. The van der Waals surface area contributed by atoms with Gasteiger partial charge in [0.15, 0.2) is 5.96 Å². The summed E-state index contributed by atoms with van der Waals surface area (Å²) in [4.78, 5) is 56.0. The average Bonchev–Trinajstić information content (AvgIpc) is 3.33. The number of hydrogen-bond donors (Lipinski definition) is 7. The van der Waals surface area contributed by atoms with Crippen LogP contribution < -0.4 is 32.7 Å². The molecule has 0 aliphatic carbocycles. The molecule has 0 radical (unpaired) electrons. The summed E-state index contributed by atoms with van der Waals surface area (Å²) in [5, 5.41) is 18.7. The van der Waals surface area contributed by atoms with Gasteiger partial charge in [0, 0.05) is 32.7 Å². The van der Waals surface area contributed by atoms with E-state index >= 15 is 0 Å². The predicted molar refractivity (Wildman–Crippen MR) is 180 cm³/mol. The van der Waals surface area contributed by atoms with E-state index in [0.29, 0.717) is 45.6 Å². The van der Waals surface area contributed by atoms with Crippen molar-refractivity contribution in [2.75, 3.05) is 32.8 Å². The number of benzene rings is 2. The van der Waals surface area contributed by atoms with E-state index in [2.05, 4.69) is 21.3 Å². The van der Waals surface area contributed by atoms with Gasteiger partial charge in [-0.2, -0.15) is 0 Å². The van der Waals surface area contributed by atoms with Crippen LogP contribution in [-0.4, -0.2) is 91.5 Å². The molecule has 0 bridgehead atoms. The number of guanidine groups is 1. The molecule has 0 spiro atoms. The smallest absolute Gasteiger partial charge is 0.245 e. The fraction of sp³-hybridized carbons (Fsp3) is 0.500. The minimum Gasteiger partial charge on any atom is -0.380 e. The molecule has 4 amide bonds. The van der Waals surface area contributed by atoms with Crippen molar-refractivity contribution in [2.24, 2.45) is 17.4 Å². The normalized spacial score (nSPS) is 15.8. The molecule has 13 heteroatoms. The first-order valence-electron chi connectivity index (χ1n) is 16.2. The second kappa shape index (κ2) is 19.2. The van der Waals surface area contributed by atoms with Crippen molar-refractivity contribution in [3.63, 3.8) is 0 Å². The molecule has 1 saturated heterocycles. The summed E-state index contributed by atoms with van der Waals surface area (Å²) < 4.78 is 5.49. The van der Waals surface area contributed by atoms with Crippen LogP contribution in [0.15, 0.2) is 60.7 Å². The van der Waals surface area contributed by atoms with Crippen LogP contribution in [0.3, 0.4) is 0 Å². The molecule has 0 unspecified atom stereocenters. The Morgan fingerprint density at radius 2 is 1.38 bits per heavy atom. The lowest BCUT2D eigenvalue weighted by molar-refractivity contribution is -0.138. The zero-order valence-corrected chi connectivity index (χ0v) is 27.4. The van der Waals surface area contributed by atoms with Gasteiger partial charge in [-0.05, 0) is 42.7 Å². The van der Waals surface area contributed by atoms with Crippen molar-refractivity contribution in [1.82, 2.24) is 26.2 Å². The molecule has 4 atom stereocenters. The van der Waals surface area contributed by atoms with Crippen molar-refractivity contribution >= 4 is 29.6 Å². The first kappa shape index (κ1) is 37.0. The number of nitrogens with two attached hydrogens (primary N) is 2. The Labute approximate surface area is 277 Å². The monoisotopic (exact) mass is 650 g/mol. The second-order valence-corrected chi connectivity index (χ2v) is 12.2. The van der Waals surface area contributed by atoms with Gasteiger partial charge in [0.05, 0.1) is 12.6 Å². The lowest BCUT2D eigenvalue weighted by Crippen LogP contribution is -2.59. The number of ether oxygens (including phenoxy) is 1. The summed E-state index contributed by atoms with van der Waals surface area (Å²) in [5.74, 6) is -2.05. The second-order valence-electron chi connectivity index (χ2n) is 12.2. The van der Waals surface area contributed by atoms with E-state index in [4.69, 9.17) is 21.6 Å². The van der Waals surface area contributed by atoms with Crippen molar-refractivity contribution in [2.45, 2.75) is 70.1 Å². The van der Waals surface area contributed by atoms with E-state index in [-0.39, 0.29) is 37.2 Å². The van der Waals surface area contributed by atoms with Gasteiger partial charge in [0.2, 0.25) is 23.6 Å². The zero-order valence-electron chi connectivity index (χ0n) is 27.4. The Bertz CT molecular complexity index is 1300. The highest BCUT2D eigenvalue weighted by molar-refractivity contribution is 5.95. The number of nitrogens with one attached hydrogen (secondary N) is 5. The van der Waals surface area contributed by atoms with Crippen molar-refractivity contribution in [1.29, 1.82) is 5.41 Å². The maximum atomic E-state index is 13.8. The van der Waals surface area contributed by atoms with Gasteiger partial charge in [0.1, 0.15) is 18.1 Å². The SMILES string of the molecule is CC(C)C[C@@H](NC(=O)[C@@H](Cc1ccccc1)NC(=O)[C@H](N)Cc1ccccc1)C(=O)N[C@H](CCNC(=N)N)C(=O)N1CCCOCC1. The molecule has 3 rings (SSSR count). The van der Waals surface area contributed by atoms with Gasteiger partial charge < -0.3 is 42.4 Å². The van der Waals surface area contributed by atoms with Crippen LogP contribution in [0.5, 0.6) is 0 Å². The van der Waals surface area contributed by atoms with Crippen molar-refractivity contribution < 1.29 is 23.9 Å². The molecule has 2 aromatic rings. The van der Waals surface area contributed by atoms with Crippen LogP contribution in [0.25, 0.3) is 0 Å². The molecular formula is C34H50N8O5. The predicted octanol–water partition coefficient (Wildman–Crippen LogP) is 0.422. The van der Waals surface area contributed by atoms with Crippen molar-refractivity contribution in [3.8, 4) is 0 Å². The number of carbonyl (C=O) groups excluding carboxylic acids is 4. The molecular weight excluding hydrogens is 600 g/mol. The first-order valence-corrected chi connectivity index (χ1v) is 16.2. The summed E-state index contributed by atoms with van der Waals surface area (Å²) in [6.07, 6.45) is 1.62. The summed E-state index contributed by atoms with van der Waals surface area (Å²) >= 11 is 0. The fourth-order valence-corrected chi connectivity index (χ4v) is 5.34. The van der Waals surface area contributed by atoms with Crippen LogP contribution >= 0.6 is 0 Å². The average molecular weight is 651 g/mol. The minimum absolute atomic E-state index is 0.0174. The van der Waals surface area contributed by atoms with Crippen LogP contribution in [-0.2, 0) is 36.8 Å².